The summed E-state index contributed by atoms with van der Waals surface area (Å²) in [7, 11) is 0. The molecule has 0 amide bonds. The smallest absolute Gasteiger partial charge is 0.379 e. The Morgan fingerprint density at radius 1 is 0.886 bits per heavy atom. The number of alkyl halides is 6. The van der Waals surface area contributed by atoms with E-state index in [2.05, 4.69) is 14.9 Å². The van der Waals surface area contributed by atoms with E-state index in [9.17, 15) is 35.5 Å². The normalized spacial score (nSPS) is 21.5. The van der Waals surface area contributed by atoms with E-state index < -0.39 is 53.4 Å². The fraction of sp³-hybridized carbons (Fsp3) is 0.483. The van der Waals surface area contributed by atoms with Crippen molar-refractivity contribution in [1.29, 1.82) is 0 Å². The van der Waals surface area contributed by atoms with Crippen molar-refractivity contribution in [2.24, 2.45) is 0 Å². The first-order valence-corrected chi connectivity index (χ1v) is 13.9. The standard InChI is InChI=1S/C29H31F7N4O4/c1-17(19-12-20(28(31,32)33)14-21(13-19)29(34,35)36)44-26-25(18-2-4-22(30)5-3-18)40(8-11-43-26)16-24-23(37-27(41)38-24)15-39-6-9-42-10-7-39/h2-5,12-14,17,25-26H,6-11,15-16H2,1H3,(H2,37,38,41). The van der Waals surface area contributed by atoms with Crippen molar-refractivity contribution in [2.45, 2.75) is 50.8 Å². The van der Waals surface area contributed by atoms with Gasteiger partial charge in [0.15, 0.2) is 6.29 Å². The number of nitrogens with zero attached hydrogens (tertiary/aromatic N) is 2. The lowest BCUT2D eigenvalue weighted by molar-refractivity contribution is -0.231. The number of halogens is 7. The van der Waals surface area contributed by atoms with E-state index in [1.54, 1.807) is 0 Å². The van der Waals surface area contributed by atoms with Crippen molar-refractivity contribution < 1.29 is 44.9 Å². The Bertz CT molecular complexity index is 1430. The van der Waals surface area contributed by atoms with Crippen LogP contribution >= 0.6 is 0 Å². The van der Waals surface area contributed by atoms with Crippen LogP contribution in [0.3, 0.4) is 0 Å². The van der Waals surface area contributed by atoms with Gasteiger partial charge in [-0.3, -0.25) is 9.80 Å². The summed E-state index contributed by atoms with van der Waals surface area (Å²) in [4.78, 5) is 22.0. The van der Waals surface area contributed by atoms with Gasteiger partial charge in [-0.2, -0.15) is 26.3 Å². The lowest BCUT2D eigenvalue weighted by Gasteiger charge is -2.42. The van der Waals surface area contributed by atoms with Crippen LogP contribution in [0.4, 0.5) is 30.7 Å². The molecule has 3 aromatic rings. The molecular formula is C29H31F7N4O4. The zero-order valence-electron chi connectivity index (χ0n) is 23.6. The fourth-order valence-corrected chi connectivity index (χ4v) is 5.41. The van der Waals surface area contributed by atoms with Gasteiger partial charge in [0.2, 0.25) is 0 Å². The maximum absolute atomic E-state index is 13.9. The topological polar surface area (TPSA) is 82.8 Å². The number of rotatable bonds is 8. The van der Waals surface area contributed by atoms with Crippen molar-refractivity contribution in [3.8, 4) is 0 Å². The highest BCUT2D eigenvalue weighted by Gasteiger charge is 2.39. The lowest BCUT2D eigenvalue weighted by atomic mass is 10.0. The summed E-state index contributed by atoms with van der Waals surface area (Å²) in [6, 6.07) is 6.01. The first kappa shape index (κ1) is 32.2. The van der Waals surface area contributed by atoms with Gasteiger partial charge in [-0.1, -0.05) is 12.1 Å². The van der Waals surface area contributed by atoms with E-state index in [4.69, 9.17) is 14.2 Å². The molecule has 0 aliphatic carbocycles. The molecule has 2 aliphatic rings. The molecule has 2 N–H and O–H groups in total. The first-order valence-electron chi connectivity index (χ1n) is 13.9. The van der Waals surface area contributed by atoms with Crippen molar-refractivity contribution in [3.63, 3.8) is 0 Å². The molecule has 0 bridgehead atoms. The van der Waals surface area contributed by atoms with Crippen LogP contribution in [-0.4, -0.2) is 65.5 Å². The second-order valence-electron chi connectivity index (χ2n) is 10.7. The molecule has 2 aliphatic heterocycles. The van der Waals surface area contributed by atoms with Crippen molar-refractivity contribution >= 4 is 0 Å². The van der Waals surface area contributed by atoms with Crippen molar-refractivity contribution in [3.05, 3.63) is 92.4 Å². The van der Waals surface area contributed by atoms with Gasteiger partial charge in [-0.25, -0.2) is 9.18 Å². The maximum atomic E-state index is 13.9. The predicted octanol–water partition coefficient (Wildman–Crippen LogP) is 5.39. The summed E-state index contributed by atoms with van der Waals surface area (Å²) in [5.74, 6) is -0.505. The number of aromatic nitrogens is 2. The van der Waals surface area contributed by atoms with Crippen LogP contribution in [-0.2, 0) is 39.7 Å². The quantitative estimate of drug-likeness (QED) is 0.325. The van der Waals surface area contributed by atoms with Crippen LogP contribution in [0.25, 0.3) is 0 Å². The number of imidazole rings is 1. The predicted molar refractivity (Wildman–Crippen MR) is 143 cm³/mol. The lowest BCUT2D eigenvalue weighted by Crippen LogP contribution is -2.46. The Morgan fingerprint density at radius 2 is 1.48 bits per heavy atom. The molecule has 8 nitrogen and oxygen atoms in total. The first-order chi connectivity index (χ1) is 20.8. The number of nitrogens with one attached hydrogen (secondary N) is 2. The molecule has 3 atom stereocenters. The van der Waals surface area contributed by atoms with Gasteiger partial charge in [-0.15, -0.1) is 0 Å². The summed E-state index contributed by atoms with van der Waals surface area (Å²) in [6.07, 6.45) is -12.5. The maximum Gasteiger partial charge on any atom is 0.416 e. The monoisotopic (exact) mass is 632 g/mol. The minimum atomic E-state index is -5.02. The van der Waals surface area contributed by atoms with Crippen LogP contribution in [0.1, 0.15) is 52.7 Å². The number of hydrogen-bond acceptors (Lipinski definition) is 6. The van der Waals surface area contributed by atoms with Gasteiger partial charge in [0, 0.05) is 32.7 Å². The van der Waals surface area contributed by atoms with Crippen molar-refractivity contribution in [2.75, 3.05) is 39.5 Å². The van der Waals surface area contributed by atoms with E-state index in [0.717, 1.165) is 0 Å². The average Bonchev–Trinajstić information content (AvgIpc) is 3.31. The summed E-state index contributed by atoms with van der Waals surface area (Å²) in [5, 5.41) is 0. The Balaban J connectivity index is 1.44. The molecule has 2 aromatic carbocycles. The van der Waals surface area contributed by atoms with E-state index in [1.807, 2.05) is 4.90 Å². The van der Waals surface area contributed by atoms with Crippen LogP contribution in [0.15, 0.2) is 47.3 Å². The van der Waals surface area contributed by atoms with Crippen LogP contribution in [0, 0.1) is 5.82 Å². The van der Waals surface area contributed by atoms with Crippen LogP contribution in [0.5, 0.6) is 0 Å². The molecule has 3 heterocycles. The highest BCUT2D eigenvalue weighted by Crippen LogP contribution is 2.40. The number of H-pyrrole nitrogens is 2. The highest BCUT2D eigenvalue weighted by molar-refractivity contribution is 5.35. The van der Waals surface area contributed by atoms with E-state index in [0.29, 0.717) is 68.5 Å². The third kappa shape index (κ3) is 7.69. The molecule has 2 saturated heterocycles. The third-order valence-corrected chi connectivity index (χ3v) is 7.68. The second kappa shape index (κ2) is 13.0. The van der Waals surface area contributed by atoms with E-state index in [-0.39, 0.29) is 24.8 Å². The molecule has 15 heteroatoms. The molecular weight excluding hydrogens is 601 g/mol. The average molecular weight is 633 g/mol. The summed E-state index contributed by atoms with van der Waals surface area (Å²) < 4.78 is 112. The molecule has 44 heavy (non-hydrogen) atoms. The summed E-state index contributed by atoms with van der Waals surface area (Å²) in [5.41, 5.74) is -1.86. The molecule has 0 saturated carbocycles. The van der Waals surface area contributed by atoms with Crippen molar-refractivity contribution in [1.82, 2.24) is 19.8 Å². The molecule has 3 unspecified atom stereocenters. The van der Waals surface area contributed by atoms with E-state index in [1.165, 1.54) is 31.2 Å². The number of aromatic amines is 2. The Kier molecular flexibility index (Phi) is 9.51. The van der Waals surface area contributed by atoms with Gasteiger partial charge < -0.3 is 24.2 Å². The Hall–Kier alpha value is -3.24. The number of morpholine rings is 2. The molecule has 5 rings (SSSR count). The molecule has 0 radical (unpaired) electrons. The SMILES string of the molecule is CC(OC1OCCN(Cc2[nH]c(=O)[nH]c2CN2CCOCC2)C1c1ccc(F)cc1)c1cc(C(F)(F)F)cc(C(F)(F)F)c1. The van der Waals surface area contributed by atoms with Gasteiger partial charge in [-0.05, 0) is 48.4 Å². The largest absolute Gasteiger partial charge is 0.416 e. The molecule has 240 valence electrons. The molecule has 0 spiro atoms. The number of ether oxygens (including phenoxy) is 3. The highest BCUT2D eigenvalue weighted by atomic mass is 19.4. The number of hydrogen-bond donors (Lipinski definition) is 2. The Morgan fingerprint density at radius 3 is 2.07 bits per heavy atom. The second-order valence-corrected chi connectivity index (χ2v) is 10.7. The minimum absolute atomic E-state index is 0.0581. The van der Waals surface area contributed by atoms with Gasteiger partial charge in [0.25, 0.3) is 0 Å². The van der Waals surface area contributed by atoms with Gasteiger partial charge in [0.1, 0.15) is 5.82 Å². The zero-order valence-corrected chi connectivity index (χ0v) is 23.6. The van der Waals surface area contributed by atoms with Crippen LogP contribution < -0.4 is 5.69 Å². The van der Waals surface area contributed by atoms with Crippen LogP contribution in [0.2, 0.25) is 0 Å². The van der Waals surface area contributed by atoms with E-state index >= 15 is 0 Å². The summed E-state index contributed by atoms with van der Waals surface area (Å²) in [6.45, 7) is 4.92. The van der Waals surface area contributed by atoms with Gasteiger partial charge in [0.05, 0.1) is 54.5 Å². The third-order valence-electron chi connectivity index (χ3n) is 7.68. The molecule has 1 aromatic heterocycles. The van der Waals surface area contributed by atoms with Gasteiger partial charge >= 0.3 is 18.0 Å². The zero-order chi connectivity index (χ0) is 31.6. The Labute approximate surface area is 247 Å². The fourth-order valence-electron chi connectivity index (χ4n) is 5.41. The molecule has 2 fully saturated rings. The summed E-state index contributed by atoms with van der Waals surface area (Å²) >= 11 is 0. The minimum Gasteiger partial charge on any atom is -0.379 e. The number of benzene rings is 2.